The third-order valence-electron chi connectivity index (χ3n) is 3.06. The number of rotatable bonds is 5. The fourth-order valence-corrected chi connectivity index (χ4v) is 2.01. The molecule has 2 aromatic rings. The second kappa shape index (κ2) is 6.43. The van der Waals surface area contributed by atoms with Crippen LogP contribution < -0.4 is 11.1 Å². The van der Waals surface area contributed by atoms with E-state index in [0.29, 0.717) is 17.3 Å². The quantitative estimate of drug-likeness (QED) is 0.790. The number of hydrogen-bond donors (Lipinski definition) is 3. The molecule has 0 spiro atoms. The number of nitrogens with two attached hydrogens (primary N) is 1. The summed E-state index contributed by atoms with van der Waals surface area (Å²) in [4.78, 5) is 11.9. The molecule has 0 fully saturated rings. The van der Waals surface area contributed by atoms with Crippen molar-refractivity contribution in [1.82, 2.24) is 15.5 Å². The van der Waals surface area contributed by atoms with Crippen molar-refractivity contribution in [2.24, 2.45) is 0 Å². The van der Waals surface area contributed by atoms with Crippen LogP contribution in [0.2, 0.25) is 5.02 Å². The van der Waals surface area contributed by atoms with Crippen LogP contribution in [0.1, 0.15) is 28.7 Å². The largest absolute Gasteiger partial charge is 0.395 e. The molecule has 106 valence electrons. The van der Waals surface area contributed by atoms with Crippen LogP contribution in [0.15, 0.2) is 24.3 Å². The van der Waals surface area contributed by atoms with Gasteiger partial charge in [0.25, 0.3) is 5.91 Å². The van der Waals surface area contributed by atoms with Gasteiger partial charge in [-0.15, -0.1) is 0 Å². The van der Waals surface area contributed by atoms with E-state index in [-0.39, 0.29) is 11.6 Å². The molecule has 1 amide bonds. The van der Waals surface area contributed by atoms with Gasteiger partial charge in [-0.25, -0.2) is 0 Å². The summed E-state index contributed by atoms with van der Waals surface area (Å²) in [5.74, 6) is -0.257. The number of aromatic amines is 1. The molecule has 0 aliphatic heterocycles. The Morgan fingerprint density at radius 3 is 2.70 bits per heavy atom. The van der Waals surface area contributed by atoms with Crippen molar-refractivity contribution in [3.8, 4) is 0 Å². The number of nitrogens with one attached hydrogen (secondary N) is 2. The topological polar surface area (TPSA) is 83.8 Å². The number of anilines is 1. The van der Waals surface area contributed by atoms with Gasteiger partial charge in [0.1, 0.15) is 0 Å². The van der Waals surface area contributed by atoms with Crippen molar-refractivity contribution in [3.05, 3.63) is 46.2 Å². The number of benzene rings is 1. The van der Waals surface area contributed by atoms with Gasteiger partial charge in [0.2, 0.25) is 0 Å². The molecule has 0 atom stereocenters. The highest BCUT2D eigenvalue weighted by Gasteiger charge is 2.15. The zero-order valence-electron chi connectivity index (χ0n) is 11.2. The maximum absolute atomic E-state index is 11.9. The number of aryl methyl sites for hydroxylation is 1. The Hall–Kier alpha value is -2.01. The average Bonchev–Trinajstić information content (AvgIpc) is 2.82. The molecule has 0 unspecified atom stereocenters. The summed E-state index contributed by atoms with van der Waals surface area (Å²) in [6.07, 6.45) is 1.45. The number of amides is 1. The molecule has 4 N–H and O–H groups in total. The predicted molar refractivity (Wildman–Crippen MR) is 79.9 cm³/mol. The van der Waals surface area contributed by atoms with E-state index in [1.807, 2.05) is 31.2 Å². The molecule has 6 heteroatoms. The van der Waals surface area contributed by atoms with Crippen molar-refractivity contribution in [2.75, 3.05) is 12.3 Å². The molecule has 0 saturated carbocycles. The van der Waals surface area contributed by atoms with E-state index in [1.165, 1.54) is 0 Å². The van der Waals surface area contributed by atoms with E-state index in [2.05, 4.69) is 15.5 Å². The van der Waals surface area contributed by atoms with E-state index in [0.717, 1.165) is 24.1 Å². The van der Waals surface area contributed by atoms with Crippen LogP contribution in [0.3, 0.4) is 0 Å². The van der Waals surface area contributed by atoms with Gasteiger partial charge in [-0.05, 0) is 30.5 Å². The maximum Gasteiger partial charge on any atom is 0.273 e. The van der Waals surface area contributed by atoms with Gasteiger partial charge >= 0.3 is 0 Å². The summed E-state index contributed by atoms with van der Waals surface area (Å²) in [6.45, 7) is 2.47. The summed E-state index contributed by atoms with van der Waals surface area (Å²) in [7, 11) is 0. The highest BCUT2D eigenvalue weighted by molar-refractivity contribution is 6.30. The minimum Gasteiger partial charge on any atom is -0.395 e. The van der Waals surface area contributed by atoms with E-state index >= 15 is 0 Å². The molecule has 0 aliphatic carbocycles. The lowest BCUT2D eigenvalue weighted by atomic mass is 10.1. The Kier molecular flexibility index (Phi) is 4.63. The lowest BCUT2D eigenvalue weighted by Crippen LogP contribution is -2.26. The van der Waals surface area contributed by atoms with E-state index in [1.54, 1.807) is 0 Å². The molecular weight excluding hydrogens is 276 g/mol. The maximum atomic E-state index is 11.9. The zero-order chi connectivity index (χ0) is 14.5. The van der Waals surface area contributed by atoms with Crippen LogP contribution in [0.4, 0.5) is 5.69 Å². The number of nitrogens with zero attached hydrogens (tertiary/aromatic N) is 1. The number of aromatic nitrogens is 2. The summed E-state index contributed by atoms with van der Waals surface area (Å²) < 4.78 is 0. The Morgan fingerprint density at radius 2 is 2.10 bits per heavy atom. The molecule has 1 aromatic heterocycles. The highest BCUT2D eigenvalue weighted by Crippen LogP contribution is 2.14. The van der Waals surface area contributed by atoms with Gasteiger partial charge in [0.05, 0.1) is 11.4 Å². The van der Waals surface area contributed by atoms with Gasteiger partial charge in [-0.1, -0.05) is 30.7 Å². The smallest absolute Gasteiger partial charge is 0.273 e. The Morgan fingerprint density at radius 1 is 1.40 bits per heavy atom. The monoisotopic (exact) mass is 292 g/mol. The number of H-pyrrole nitrogens is 1. The van der Waals surface area contributed by atoms with Crippen LogP contribution >= 0.6 is 11.6 Å². The molecule has 1 heterocycles. The number of halogens is 1. The molecule has 2 rings (SSSR count). The Labute approximate surface area is 122 Å². The first kappa shape index (κ1) is 14.4. The lowest BCUT2D eigenvalue weighted by molar-refractivity contribution is 0.0950. The molecule has 0 aliphatic rings. The minimum absolute atomic E-state index is 0.257. The summed E-state index contributed by atoms with van der Waals surface area (Å²) in [5, 5.41) is 10.2. The zero-order valence-corrected chi connectivity index (χ0v) is 12.0. The van der Waals surface area contributed by atoms with E-state index in [9.17, 15) is 4.79 Å². The Balaban J connectivity index is 1.89. The van der Waals surface area contributed by atoms with Gasteiger partial charge in [-0.2, -0.15) is 5.10 Å². The molecule has 20 heavy (non-hydrogen) atoms. The number of hydrogen-bond acceptors (Lipinski definition) is 3. The van der Waals surface area contributed by atoms with Crippen LogP contribution in [-0.4, -0.2) is 22.6 Å². The van der Waals surface area contributed by atoms with Gasteiger partial charge in [-0.3, -0.25) is 9.89 Å². The number of nitrogen functional groups attached to an aromatic ring is 1. The van der Waals surface area contributed by atoms with E-state index in [4.69, 9.17) is 17.3 Å². The minimum atomic E-state index is -0.257. The third kappa shape index (κ3) is 3.30. The number of carbonyl (C=O) groups excluding carboxylic acids is 1. The van der Waals surface area contributed by atoms with Crippen LogP contribution in [0.25, 0.3) is 0 Å². The first-order valence-corrected chi connectivity index (χ1v) is 6.85. The summed E-state index contributed by atoms with van der Waals surface area (Å²) >= 11 is 5.81. The lowest BCUT2D eigenvalue weighted by Gasteiger charge is -2.04. The van der Waals surface area contributed by atoms with Gasteiger partial charge in [0, 0.05) is 11.6 Å². The standard InChI is InChI=1S/C14H17ClN4O/c1-2-11-12(16)13(19-18-11)14(20)17-8-7-9-3-5-10(15)6-4-9/h3-6H,2,7-8,16H2,1H3,(H,17,20)(H,18,19). The Bertz CT molecular complexity index is 592. The van der Waals surface area contributed by atoms with Crippen LogP contribution in [-0.2, 0) is 12.8 Å². The van der Waals surface area contributed by atoms with E-state index < -0.39 is 0 Å². The third-order valence-corrected chi connectivity index (χ3v) is 3.32. The van der Waals surface area contributed by atoms with Gasteiger partial charge < -0.3 is 11.1 Å². The second-order valence-corrected chi connectivity index (χ2v) is 4.89. The van der Waals surface area contributed by atoms with Crippen molar-refractivity contribution in [3.63, 3.8) is 0 Å². The van der Waals surface area contributed by atoms with Gasteiger partial charge in [0.15, 0.2) is 5.69 Å². The predicted octanol–water partition coefficient (Wildman–Crippen LogP) is 2.18. The normalized spacial score (nSPS) is 10.5. The fourth-order valence-electron chi connectivity index (χ4n) is 1.88. The van der Waals surface area contributed by atoms with Crippen molar-refractivity contribution < 1.29 is 4.79 Å². The summed E-state index contributed by atoms with van der Waals surface area (Å²) in [6, 6.07) is 7.54. The molecular formula is C14H17ClN4O. The fraction of sp³-hybridized carbons (Fsp3) is 0.286. The molecule has 0 radical (unpaired) electrons. The average molecular weight is 293 g/mol. The van der Waals surface area contributed by atoms with Crippen molar-refractivity contribution >= 4 is 23.2 Å². The first-order valence-electron chi connectivity index (χ1n) is 6.47. The second-order valence-electron chi connectivity index (χ2n) is 4.45. The van der Waals surface area contributed by atoms with Crippen molar-refractivity contribution in [1.29, 1.82) is 0 Å². The molecule has 0 saturated heterocycles. The first-order chi connectivity index (χ1) is 9.61. The molecule has 0 bridgehead atoms. The van der Waals surface area contributed by atoms with Crippen LogP contribution in [0, 0.1) is 0 Å². The van der Waals surface area contributed by atoms with Crippen LogP contribution in [0.5, 0.6) is 0 Å². The summed E-state index contributed by atoms with van der Waals surface area (Å²) in [5.41, 5.74) is 8.43. The SMILES string of the molecule is CCc1[nH]nc(C(=O)NCCc2ccc(Cl)cc2)c1N. The van der Waals surface area contributed by atoms with Crippen molar-refractivity contribution in [2.45, 2.75) is 19.8 Å². The number of carbonyl (C=O) groups is 1. The molecule has 1 aromatic carbocycles. The highest BCUT2D eigenvalue weighted by atomic mass is 35.5. The molecule has 5 nitrogen and oxygen atoms in total.